The molecule has 0 aliphatic carbocycles. The first-order valence-electron chi connectivity index (χ1n) is 25.8. The van der Waals surface area contributed by atoms with Crippen LogP contribution in [0.3, 0.4) is 0 Å². The van der Waals surface area contributed by atoms with Gasteiger partial charge in [0, 0.05) is 32.5 Å². The minimum Gasteiger partial charge on any atom is -0.493 e. The van der Waals surface area contributed by atoms with E-state index in [1.165, 1.54) is 0 Å². The molecule has 0 aliphatic heterocycles. The van der Waals surface area contributed by atoms with Gasteiger partial charge in [-0.05, 0) is 114 Å². The van der Waals surface area contributed by atoms with Crippen molar-refractivity contribution in [3.8, 4) is 57.8 Å². The molecule has 0 aliphatic rings. The first-order chi connectivity index (χ1) is 33.9. The van der Waals surface area contributed by atoms with Gasteiger partial charge in [0.25, 0.3) is 0 Å². The smallest absolute Gasteiger partial charge is 0.227 e. The molecule has 7 aromatic carbocycles. The Hall–Kier alpha value is -6.34. The lowest BCUT2D eigenvalue weighted by atomic mass is 9.84. The van der Waals surface area contributed by atoms with E-state index in [0.29, 0.717) is 95.8 Å². The van der Waals surface area contributed by atoms with Crippen LogP contribution in [0.4, 0.5) is 0 Å². The SMILES string of the molecule is CCCCCOc1cc2c(cc1OCCCCC)c1c3nc(-c4ccc(C#N)cc4)oc3c(OCCCCC)c3c4cc(OC)c(OC)cc4c4c(OCCCCC)c(OCCCCC)cc2c4c31. The molecule has 1 aromatic heterocycles. The third kappa shape index (κ3) is 10.1. The molecule has 10 heteroatoms. The van der Waals surface area contributed by atoms with Gasteiger partial charge in [0.05, 0.1) is 58.9 Å². The maximum atomic E-state index is 9.70. The van der Waals surface area contributed by atoms with E-state index in [1.54, 1.807) is 26.4 Å². The lowest BCUT2D eigenvalue weighted by Gasteiger charge is -2.25. The average molecular weight is 935 g/mol. The van der Waals surface area contributed by atoms with Gasteiger partial charge in [0.2, 0.25) is 5.89 Å². The van der Waals surface area contributed by atoms with Gasteiger partial charge in [0.15, 0.2) is 45.8 Å². The Bertz CT molecular complexity index is 3040. The van der Waals surface area contributed by atoms with Gasteiger partial charge in [-0.3, -0.25) is 0 Å². The standard InChI is InChI=1S/C59H70N2O8/c1-8-13-18-27-64-47-32-40-41-36-49(66-29-20-15-10-3)56(67-30-21-16-11-4)52-43-33-45(62-6)46(63-7)34-44(43)53-54(50(41)52)51(42(40)35-48(47)65-28-19-14-9-2)55-58(57(53)68-31-22-17-12-5)69-59(61-55)39-25-23-38(37-60)24-26-39/h23-26,32-36H,8-22,27-31H2,1-7H3. The molecular formula is C59H70N2O8. The third-order valence-corrected chi connectivity index (χ3v) is 13.3. The summed E-state index contributed by atoms with van der Waals surface area (Å²) >= 11 is 0. The van der Waals surface area contributed by atoms with Gasteiger partial charge in [-0.1, -0.05) is 98.8 Å². The van der Waals surface area contributed by atoms with Gasteiger partial charge in [-0.25, -0.2) is 4.98 Å². The van der Waals surface area contributed by atoms with Crippen LogP contribution in [0.2, 0.25) is 0 Å². The number of methoxy groups -OCH3 is 2. The second-order valence-corrected chi connectivity index (χ2v) is 18.2. The summed E-state index contributed by atoms with van der Waals surface area (Å²) in [7, 11) is 3.35. The Labute approximate surface area is 407 Å². The Morgan fingerprint density at radius 1 is 0.449 bits per heavy atom. The summed E-state index contributed by atoms with van der Waals surface area (Å²) in [5, 5.41) is 19.1. The maximum absolute atomic E-state index is 9.70. The van der Waals surface area contributed by atoms with Crippen LogP contribution in [-0.4, -0.2) is 52.2 Å². The molecule has 0 N–H and O–H groups in total. The summed E-state index contributed by atoms with van der Waals surface area (Å²) in [6.07, 6.45) is 15.2. The number of hydrogen-bond donors (Lipinski definition) is 0. The van der Waals surface area contributed by atoms with Crippen molar-refractivity contribution in [2.45, 2.75) is 131 Å². The van der Waals surface area contributed by atoms with Crippen molar-refractivity contribution in [2.75, 3.05) is 47.3 Å². The highest BCUT2D eigenvalue weighted by Crippen LogP contribution is 2.57. The minimum absolute atomic E-state index is 0.425. The van der Waals surface area contributed by atoms with E-state index in [0.717, 1.165) is 156 Å². The predicted molar refractivity (Wildman–Crippen MR) is 281 cm³/mol. The van der Waals surface area contributed by atoms with E-state index in [2.05, 4.69) is 71.0 Å². The molecule has 0 fully saturated rings. The minimum atomic E-state index is 0.425. The molecular weight excluding hydrogens is 865 g/mol. The highest BCUT2D eigenvalue weighted by Gasteiger charge is 2.31. The van der Waals surface area contributed by atoms with E-state index in [1.807, 2.05) is 12.1 Å². The quantitative estimate of drug-likeness (QED) is 0.0267. The van der Waals surface area contributed by atoms with Gasteiger partial charge >= 0.3 is 0 Å². The molecule has 0 radical (unpaired) electrons. The van der Waals surface area contributed by atoms with Crippen LogP contribution in [-0.2, 0) is 0 Å². The first kappa shape index (κ1) is 49.1. The Morgan fingerprint density at radius 3 is 1.38 bits per heavy atom. The number of hydrogen-bond acceptors (Lipinski definition) is 10. The Kier molecular flexibility index (Phi) is 16.6. The highest BCUT2D eigenvalue weighted by molar-refractivity contribution is 6.45. The van der Waals surface area contributed by atoms with Crippen molar-refractivity contribution in [2.24, 2.45) is 0 Å². The molecule has 0 saturated carbocycles. The number of fused-ring (bicyclic) bond motifs is 8. The molecule has 10 nitrogen and oxygen atoms in total. The number of oxazole rings is 1. The zero-order chi connectivity index (χ0) is 48.3. The van der Waals surface area contributed by atoms with Gasteiger partial charge < -0.3 is 37.6 Å². The zero-order valence-corrected chi connectivity index (χ0v) is 42.0. The number of rotatable bonds is 28. The molecule has 8 rings (SSSR count). The second kappa shape index (κ2) is 23.3. The van der Waals surface area contributed by atoms with E-state index >= 15 is 0 Å². The highest BCUT2D eigenvalue weighted by atomic mass is 16.5. The molecule has 0 atom stereocenters. The average Bonchev–Trinajstić information content (AvgIpc) is 3.83. The fraction of sp³-hybridized carbons (Fsp3) is 0.458. The molecule has 0 spiro atoms. The van der Waals surface area contributed by atoms with Crippen molar-refractivity contribution >= 4 is 65.0 Å². The third-order valence-electron chi connectivity index (χ3n) is 13.3. The molecule has 8 aromatic rings. The number of ether oxygens (including phenoxy) is 7. The molecule has 0 bridgehead atoms. The van der Waals surface area contributed by atoms with Gasteiger partial charge in [-0.2, -0.15) is 5.26 Å². The monoisotopic (exact) mass is 935 g/mol. The Morgan fingerprint density at radius 2 is 0.870 bits per heavy atom. The molecule has 0 unspecified atom stereocenters. The van der Waals surface area contributed by atoms with Crippen LogP contribution in [0.25, 0.3) is 76.4 Å². The molecule has 69 heavy (non-hydrogen) atoms. The van der Waals surface area contributed by atoms with Gasteiger partial charge in [0.1, 0.15) is 5.52 Å². The predicted octanol–water partition coefficient (Wildman–Crippen LogP) is 16.4. The summed E-state index contributed by atoms with van der Waals surface area (Å²) in [4.78, 5) is 5.41. The Balaban J connectivity index is 1.61. The largest absolute Gasteiger partial charge is 0.493 e. The number of nitrogens with zero attached hydrogens (tertiary/aromatic N) is 2. The van der Waals surface area contributed by atoms with Crippen LogP contribution in [0.1, 0.15) is 136 Å². The van der Waals surface area contributed by atoms with Crippen LogP contribution < -0.4 is 33.2 Å². The normalized spacial score (nSPS) is 11.7. The molecule has 1 heterocycles. The summed E-state index contributed by atoms with van der Waals surface area (Å²) in [6.45, 7) is 13.7. The van der Waals surface area contributed by atoms with Crippen LogP contribution in [0.5, 0.6) is 40.2 Å². The molecule has 0 saturated heterocycles. The van der Waals surface area contributed by atoms with E-state index in [9.17, 15) is 5.26 Å². The zero-order valence-electron chi connectivity index (χ0n) is 42.0. The van der Waals surface area contributed by atoms with Crippen molar-refractivity contribution < 1.29 is 37.6 Å². The fourth-order valence-corrected chi connectivity index (χ4v) is 9.61. The van der Waals surface area contributed by atoms with Crippen molar-refractivity contribution in [1.82, 2.24) is 4.98 Å². The summed E-state index contributed by atoms with van der Waals surface area (Å²) in [5.41, 5.74) is 2.51. The van der Waals surface area contributed by atoms with Crippen molar-refractivity contribution in [3.63, 3.8) is 0 Å². The van der Waals surface area contributed by atoms with Crippen molar-refractivity contribution in [3.05, 3.63) is 60.2 Å². The maximum Gasteiger partial charge on any atom is 0.227 e. The lowest BCUT2D eigenvalue weighted by molar-refractivity contribution is 0.260. The number of nitriles is 1. The summed E-state index contributed by atoms with van der Waals surface area (Å²) in [5.74, 6) is 5.01. The fourth-order valence-electron chi connectivity index (χ4n) is 9.61. The van der Waals surface area contributed by atoms with E-state index in [4.69, 9.17) is 42.6 Å². The topological polar surface area (TPSA) is 114 Å². The van der Waals surface area contributed by atoms with E-state index < -0.39 is 0 Å². The molecule has 364 valence electrons. The lowest BCUT2D eigenvalue weighted by Crippen LogP contribution is -2.06. The van der Waals surface area contributed by atoms with Crippen LogP contribution >= 0.6 is 0 Å². The summed E-state index contributed by atoms with van der Waals surface area (Å²) < 4.78 is 53.7. The first-order valence-corrected chi connectivity index (χ1v) is 25.8. The number of unbranched alkanes of at least 4 members (excludes halogenated alkanes) is 10. The van der Waals surface area contributed by atoms with E-state index in [-0.39, 0.29) is 0 Å². The second-order valence-electron chi connectivity index (χ2n) is 18.2. The van der Waals surface area contributed by atoms with Crippen molar-refractivity contribution in [1.29, 1.82) is 5.26 Å². The molecule has 0 amide bonds. The number of benzene rings is 7. The number of aromatic nitrogens is 1. The van der Waals surface area contributed by atoms with Crippen LogP contribution in [0.15, 0.2) is 59.0 Å². The van der Waals surface area contributed by atoms with Gasteiger partial charge in [-0.15, -0.1) is 0 Å². The summed E-state index contributed by atoms with van der Waals surface area (Å²) in [6, 6.07) is 20.3. The van der Waals surface area contributed by atoms with Crippen LogP contribution in [0, 0.1) is 11.3 Å².